The number of fused-ring (bicyclic) bond motifs is 1. The van der Waals surface area contributed by atoms with Gasteiger partial charge in [0, 0.05) is 15.8 Å². The molecule has 8 heteroatoms. The zero-order valence-electron chi connectivity index (χ0n) is 16.9. The van der Waals surface area contributed by atoms with Gasteiger partial charge in [0.05, 0.1) is 4.88 Å². The molecule has 1 amide bonds. The van der Waals surface area contributed by atoms with Gasteiger partial charge in [-0.15, -0.1) is 11.3 Å². The molecule has 0 aliphatic rings. The second kappa shape index (κ2) is 9.49. The summed E-state index contributed by atoms with van der Waals surface area (Å²) in [6.45, 7) is -0.0642. The predicted molar refractivity (Wildman–Crippen MR) is 124 cm³/mol. The Morgan fingerprint density at radius 1 is 1.06 bits per heavy atom. The molecule has 4 N–H and O–H groups in total. The highest BCUT2D eigenvalue weighted by Gasteiger charge is 2.19. The second-order valence-electron chi connectivity index (χ2n) is 6.94. The number of benzene rings is 3. The molecule has 0 aliphatic carbocycles. The standard InChI is InChI=1S/C24H20FN3O3S/c25-16-8-4-9-17(12-16)28-24(29)30-14-20(15-6-2-1-3-7-15)31-19-10-5-11-21-18(19)13-22(32-21)23(26)27/h1-13,20H,14H2,(H3,26,27)(H,28,29). The van der Waals surface area contributed by atoms with E-state index in [1.165, 1.54) is 29.5 Å². The summed E-state index contributed by atoms with van der Waals surface area (Å²) in [5.41, 5.74) is 6.76. The zero-order valence-corrected chi connectivity index (χ0v) is 17.7. The van der Waals surface area contributed by atoms with Crippen LogP contribution in [0.25, 0.3) is 10.1 Å². The maximum absolute atomic E-state index is 13.3. The highest BCUT2D eigenvalue weighted by Crippen LogP contribution is 2.35. The summed E-state index contributed by atoms with van der Waals surface area (Å²) in [6.07, 6.45) is -1.30. The number of nitrogen functional groups attached to an aromatic ring is 1. The van der Waals surface area contributed by atoms with E-state index >= 15 is 0 Å². The molecule has 3 aromatic carbocycles. The number of anilines is 1. The van der Waals surface area contributed by atoms with Crippen LogP contribution in [0.4, 0.5) is 14.9 Å². The first-order valence-electron chi connectivity index (χ1n) is 9.77. The van der Waals surface area contributed by atoms with Gasteiger partial charge in [-0.2, -0.15) is 0 Å². The van der Waals surface area contributed by atoms with Gasteiger partial charge >= 0.3 is 6.09 Å². The lowest BCUT2D eigenvalue weighted by molar-refractivity contribution is 0.0910. The minimum atomic E-state index is -0.715. The van der Waals surface area contributed by atoms with Crippen molar-refractivity contribution < 1.29 is 18.7 Å². The van der Waals surface area contributed by atoms with E-state index in [1.807, 2.05) is 54.6 Å². The van der Waals surface area contributed by atoms with Gasteiger partial charge in [-0.3, -0.25) is 10.7 Å². The molecule has 1 aromatic heterocycles. The molecule has 1 unspecified atom stereocenters. The molecule has 1 atom stereocenters. The molecule has 0 radical (unpaired) electrons. The van der Waals surface area contributed by atoms with Crippen LogP contribution in [0.2, 0.25) is 0 Å². The van der Waals surface area contributed by atoms with Gasteiger partial charge in [0.1, 0.15) is 24.0 Å². The molecular formula is C24H20FN3O3S. The molecule has 1 heterocycles. The number of amidine groups is 1. The predicted octanol–water partition coefficient (Wildman–Crippen LogP) is 5.69. The number of carbonyl (C=O) groups is 1. The average molecular weight is 450 g/mol. The molecule has 0 saturated carbocycles. The largest absolute Gasteiger partial charge is 0.481 e. The molecule has 0 fully saturated rings. The van der Waals surface area contributed by atoms with Crippen LogP contribution in [0.15, 0.2) is 78.9 Å². The van der Waals surface area contributed by atoms with Gasteiger partial charge in [0.15, 0.2) is 6.10 Å². The SMILES string of the molecule is N=C(N)c1cc2c(OC(COC(=O)Nc3cccc(F)c3)c3ccccc3)cccc2s1. The quantitative estimate of drug-likeness (QED) is 0.249. The van der Waals surface area contributed by atoms with Crippen molar-refractivity contribution in [2.45, 2.75) is 6.10 Å². The Balaban J connectivity index is 1.54. The lowest BCUT2D eigenvalue weighted by Crippen LogP contribution is -2.21. The Labute approximate surface area is 187 Å². The Morgan fingerprint density at radius 2 is 1.84 bits per heavy atom. The summed E-state index contributed by atoms with van der Waals surface area (Å²) in [5.74, 6) is 0.130. The highest BCUT2D eigenvalue weighted by molar-refractivity contribution is 7.20. The summed E-state index contributed by atoms with van der Waals surface area (Å²) in [6, 6.07) is 22.4. The zero-order chi connectivity index (χ0) is 22.5. The molecule has 0 bridgehead atoms. The fraction of sp³-hybridized carbons (Fsp3) is 0.0833. The number of nitrogens with two attached hydrogens (primary N) is 1. The van der Waals surface area contributed by atoms with E-state index in [0.29, 0.717) is 16.3 Å². The normalized spacial score (nSPS) is 11.7. The topological polar surface area (TPSA) is 97.4 Å². The summed E-state index contributed by atoms with van der Waals surface area (Å²) in [5, 5.41) is 11.0. The van der Waals surface area contributed by atoms with Crippen LogP contribution in [0.5, 0.6) is 5.75 Å². The fourth-order valence-electron chi connectivity index (χ4n) is 3.16. The summed E-state index contributed by atoms with van der Waals surface area (Å²) in [7, 11) is 0. The first kappa shape index (κ1) is 21.3. The number of halogens is 1. The van der Waals surface area contributed by atoms with Crippen molar-refractivity contribution in [1.29, 1.82) is 5.41 Å². The van der Waals surface area contributed by atoms with Crippen LogP contribution in [0.3, 0.4) is 0 Å². The van der Waals surface area contributed by atoms with E-state index in [0.717, 1.165) is 15.6 Å². The van der Waals surface area contributed by atoms with E-state index < -0.39 is 18.0 Å². The number of rotatable bonds is 7. The first-order chi connectivity index (χ1) is 15.5. The Kier molecular flexibility index (Phi) is 6.32. The molecular weight excluding hydrogens is 429 g/mol. The van der Waals surface area contributed by atoms with Gasteiger partial charge in [-0.1, -0.05) is 42.5 Å². The smallest absolute Gasteiger partial charge is 0.411 e. The van der Waals surface area contributed by atoms with Crippen molar-refractivity contribution in [3.8, 4) is 5.75 Å². The van der Waals surface area contributed by atoms with Gasteiger partial charge < -0.3 is 15.2 Å². The lowest BCUT2D eigenvalue weighted by Gasteiger charge is -2.20. The fourth-order valence-corrected chi connectivity index (χ4v) is 4.10. The van der Waals surface area contributed by atoms with E-state index in [-0.39, 0.29) is 12.4 Å². The maximum atomic E-state index is 13.3. The van der Waals surface area contributed by atoms with Crippen molar-refractivity contribution in [3.63, 3.8) is 0 Å². The Bertz CT molecular complexity index is 1260. The lowest BCUT2D eigenvalue weighted by atomic mass is 10.1. The van der Waals surface area contributed by atoms with Crippen molar-refractivity contribution in [1.82, 2.24) is 0 Å². The molecule has 4 rings (SSSR count). The first-order valence-corrected chi connectivity index (χ1v) is 10.6. The van der Waals surface area contributed by atoms with E-state index in [9.17, 15) is 9.18 Å². The van der Waals surface area contributed by atoms with E-state index in [1.54, 1.807) is 6.07 Å². The number of hydrogen-bond donors (Lipinski definition) is 3. The summed E-state index contributed by atoms with van der Waals surface area (Å²) in [4.78, 5) is 12.9. The molecule has 0 aliphatic heterocycles. The van der Waals surface area contributed by atoms with E-state index in [2.05, 4.69) is 5.32 Å². The Morgan fingerprint density at radius 3 is 2.59 bits per heavy atom. The van der Waals surface area contributed by atoms with Crippen LogP contribution >= 0.6 is 11.3 Å². The third kappa shape index (κ3) is 5.04. The minimum Gasteiger partial charge on any atom is -0.481 e. The molecule has 32 heavy (non-hydrogen) atoms. The van der Waals surface area contributed by atoms with E-state index in [4.69, 9.17) is 20.6 Å². The number of ether oxygens (including phenoxy) is 2. The number of carbonyl (C=O) groups excluding carboxylic acids is 1. The second-order valence-corrected chi connectivity index (χ2v) is 8.03. The van der Waals surface area contributed by atoms with Crippen LogP contribution in [-0.2, 0) is 4.74 Å². The van der Waals surface area contributed by atoms with Gasteiger partial charge in [0.2, 0.25) is 0 Å². The number of amides is 1. The van der Waals surface area contributed by atoms with Crippen LogP contribution in [0, 0.1) is 11.2 Å². The van der Waals surface area contributed by atoms with Crippen LogP contribution in [0.1, 0.15) is 16.5 Å². The van der Waals surface area contributed by atoms with Crippen molar-refractivity contribution >= 4 is 39.0 Å². The van der Waals surface area contributed by atoms with Crippen molar-refractivity contribution in [2.75, 3.05) is 11.9 Å². The maximum Gasteiger partial charge on any atom is 0.411 e. The molecule has 162 valence electrons. The van der Waals surface area contributed by atoms with Gasteiger partial charge in [0.25, 0.3) is 0 Å². The molecule has 6 nitrogen and oxygen atoms in total. The third-order valence-electron chi connectivity index (χ3n) is 4.66. The highest BCUT2D eigenvalue weighted by atomic mass is 32.1. The van der Waals surface area contributed by atoms with Gasteiger partial charge in [-0.05, 0) is 42.0 Å². The molecule has 0 spiro atoms. The number of hydrogen-bond acceptors (Lipinski definition) is 5. The van der Waals surface area contributed by atoms with Crippen molar-refractivity contribution in [2.24, 2.45) is 5.73 Å². The average Bonchev–Trinajstić information content (AvgIpc) is 3.23. The number of nitrogens with one attached hydrogen (secondary N) is 2. The molecule has 4 aromatic rings. The minimum absolute atomic E-state index is 0.00545. The Hall–Kier alpha value is -3.91. The number of thiophene rings is 1. The van der Waals surface area contributed by atoms with Gasteiger partial charge in [-0.25, -0.2) is 9.18 Å². The molecule has 0 saturated heterocycles. The van der Waals surface area contributed by atoms with Crippen LogP contribution < -0.4 is 15.8 Å². The van der Waals surface area contributed by atoms with Crippen molar-refractivity contribution in [3.05, 3.63) is 95.1 Å². The third-order valence-corrected chi connectivity index (χ3v) is 5.80. The monoisotopic (exact) mass is 449 g/mol. The summed E-state index contributed by atoms with van der Waals surface area (Å²) < 4.78 is 25.9. The summed E-state index contributed by atoms with van der Waals surface area (Å²) >= 11 is 1.41. The van der Waals surface area contributed by atoms with Crippen LogP contribution in [-0.4, -0.2) is 18.5 Å².